The molecule has 1 saturated carbocycles. The fraction of sp³-hybridized carbons (Fsp3) is 0.778. The number of hydrogen-bond donors (Lipinski definition) is 2. The molecule has 0 bridgehead atoms. The van der Waals surface area contributed by atoms with Crippen molar-refractivity contribution < 1.29 is 14.7 Å². The lowest BCUT2D eigenvalue weighted by Gasteiger charge is -2.38. The van der Waals surface area contributed by atoms with Crippen LogP contribution in [0.4, 0.5) is 0 Å². The molecule has 1 amide bonds. The normalized spacial score (nSPS) is 34.0. The molecular weight excluding hydrogens is 170 g/mol. The Morgan fingerprint density at radius 2 is 2.23 bits per heavy atom. The highest BCUT2D eigenvalue weighted by molar-refractivity contribution is 5.89. The van der Waals surface area contributed by atoms with Crippen LogP contribution in [0.3, 0.4) is 0 Å². The quantitative estimate of drug-likeness (QED) is 0.650. The number of carbonyl (C=O) groups excluding carboxylic acids is 1. The zero-order valence-electron chi connectivity index (χ0n) is 7.38. The molecule has 1 heterocycles. The van der Waals surface area contributed by atoms with E-state index in [0.717, 1.165) is 19.3 Å². The SMILES string of the molecule is O=C1CC(C(=O)O)(C2CCC2)CN1. The second-order valence-electron chi connectivity index (χ2n) is 4.04. The Kier molecular flexibility index (Phi) is 1.78. The van der Waals surface area contributed by atoms with Crippen LogP contribution in [0.25, 0.3) is 0 Å². The van der Waals surface area contributed by atoms with Crippen molar-refractivity contribution in [1.82, 2.24) is 5.32 Å². The van der Waals surface area contributed by atoms with Gasteiger partial charge in [-0.25, -0.2) is 0 Å². The van der Waals surface area contributed by atoms with Crippen LogP contribution < -0.4 is 5.32 Å². The molecule has 0 spiro atoms. The van der Waals surface area contributed by atoms with Crippen LogP contribution >= 0.6 is 0 Å². The summed E-state index contributed by atoms with van der Waals surface area (Å²) in [5, 5.41) is 11.7. The summed E-state index contributed by atoms with van der Waals surface area (Å²) >= 11 is 0. The fourth-order valence-electron chi connectivity index (χ4n) is 2.24. The Labute approximate surface area is 76.3 Å². The van der Waals surface area contributed by atoms with Gasteiger partial charge in [-0.3, -0.25) is 9.59 Å². The number of carboxylic acids is 1. The number of aliphatic carboxylic acids is 1. The van der Waals surface area contributed by atoms with Crippen molar-refractivity contribution in [3.63, 3.8) is 0 Å². The maximum atomic E-state index is 11.1. The summed E-state index contributed by atoms with van der Waals surface area (Å²) in [6, 6.07) is 0. The third-order valence-electron chi connectivity index (χ3n) is 3.39. The van der Waals surface area contributed by atoms with E-state index < -0.39 is 11.4 Å². The summed E-state index contributed by atoms with van der Waals surface area (Å²) in [7, 11) is 0. The zero-order chi connectivity index (χ0) is 9.47. The van der Waals surface area contributed by atoms with Crippen LogP contribution in [0.15, 0.2) is 0 Å². The van der Waals surface area contributed by atoms with Crippen LogP contribution in [0, 0.1) is 11.3 Å². The third kappa shape index (κ3) is 1.12. The van der Waals surface area contributed by atoms with Gasteiger partial charge in [0.05, 0.1) is 5.41 Å². The van der Waals surface area contributed by atoms with Crippen molar-refractivity contribution in [2.75, 3.05) is 6.54 Å². The molecule has 1 aliphatic heterocycles. The van der Waals surface area contributed by atoms with Crippen molar-refractivity contribution >= 4 is 11.9 Å². The van der Waals surface area contributed by atoms with E-state index in [0.29, 0.717) is 6.54 Å². The summed E-state index contributed by atoms with van der Waals surface area (Å²) in [5.74, 6) is -0.714. The van der Waals surface area contributed by atoms with Crippen molar-refractivity contribution in [2.24, 2.45) is 11.3 Å². The van der Waals surface area contributed by atoms with Gasteiger partial charge in [-0.1, -0.05) is 6.42 Å². The molecular formula is C9H13NO3. The molecule has 0 aromatic heterocycles. The van der Waals surface area contributed by atoms with E-state index in [1.807, 2.05) is 0 Å². The number of carbonyl (C=O) groups is 2. The number of amides is 1. The molecule has 0 aromatic carbocycles. The van der Waals surface area contributed by atoms with E-state index in [1.54, 1.807) is 0 Å². The maximum Gasteiger partial charge on any atom is 0.312 e. The first-order valence-electron chi connectivity index (χ1n) is 4.65. The molecule has 13 heavy (non-hydrogen) atoms. The molecule has 2 fully saturated rings. The standard InChI is InChI=1S/C9H13NO3/c11-7-4-9(5-10-7,8(12)13)6-2-1-3-6/h6H,1-5H2,(H,10,11)(H,12,13). The highest BCUT2D eigenvalue weighted by atomic mass is 16.4. The van der Waals surface area contributed by atoms with Crippen molar-refractivity contribution in [3.05, 3.63) is 0 Å². The highest BCUT2D eigenvalue weighted by Crippen LogP contribution is 2.46. The van der Waals surface area contributed by atoms with Gasteiger partial charge in [-0.2, -0.15) is 0 Å². The minimum absolute atomic E-state index is 0.116. The van der Waals surface area contributed by atoms with Crippen LogP contribution in [-0.2, 0) is 9.59 Å². The predicted octanol–water partition coefficient (Wildman–Crippen LogP) is 0.377. The molecule has 1 saturated heterocycles. The van der Waals surface area contributed by atoms with E-state index in [9.17, 15) is 9.59 Å². The second-order valence-corrected chi connectivity index (χ2v) is 4.04. The Morgan fingerprint density at radius 3 is 2.54 bits per heavy atom. The molecule has 0 radical (unpaired) electrons. The van der Waals surface area contributed by atoms with Crippen LogP contribution in [0.1, 0.15) is 25.7 Å². The smallest absolute Gasteiger partial charge is 0.312 e. The molecule has 2 N–H and O–H groups in total. The van der Waals surface area contributed by atoms with E-state index in [2.05, 4.69) is 5.32 Å². The Bertz CT molecular complexity index is 260. The lowest BCUT2D eigenvalue weighted by atomic mass is 9.64. The highest BCUT2D eigenvalue weighted by Gasteiger charge is 2.52. The Morgan fingerprint density at radius 1 is 1.54 bits per heavy atom. The monoisotopic (exact) mass is 183 g/mol. The van der Waals surface area contributed by atoms with E-state index >= 15 is 0 Å². The third-order valence-corrected chi connectivity index (χ3v) is 3.39. The van der Waals surface area contributed by atoms with Gasteiger partial charge in [-0.05, 0) is 18.8 Å². The van der Waals surface area contributed by atoms with Crippen molar-refractivity contribution in [2.45, 2.75) is 25.7 Å². The molecule has 1 unspecified atom stereocenters. The Balaban J connectivity index is 2.20. The fourth-order valence-corrected chi connectivity index (χ4v) is 2.24. The second kappa shape index (κ2) is 2.72. The minimum atomic E-state index is -0.810. The van der Waals surface area contributed by atoms with E-state index in [4.69, 9.17) is 5.11 Å². The largest absolute Gasteiger partial charge is 0.481 e. The summed E-state index contributed by atoms with van der Waals surface area (Å²) < 4.78 is 0. The zero-order valence-corrected chi connectivity index (χ0v) is 7.38. The van der Waals surface area contributed by atoms with Gasteiger partial charge in [0.25, 0.3) is 0 Å². The minimum Gasteiger partial charge on any atom is -0.481 e. The molecule has 4 heteroatoms. The van der Waals surface area contributed by atoms with Gasteiger partial charge in [-0.15, -0.1) is 0 Å². The molecule has 0 aromatic rings. The van der Waals surface area contributed by atoms with E-state index in [1.165, 1.54) is 0 Å². The van der Waals surface area contributed by atoms with Crippen LogP contribution in [0.5, 0.6) is 0 Å². The van der Waals surface area contributed by atoms with Gasteiger partial charge >= 0.3 is 5.97 Å². The van der Waals surface area contributed by atoms with Gasteiger partial charge in [0.15, 0.2) is 0 Å². The molecule has 1 aliphatic carbocycles. The first-order chi connectivity index (χ1) is 6.15. The van der Waals surface area contributed by atoms with Crippen LogP contribution in [0.2, 0.25) is 0 Å². The lowest BCUT2D eigenvalue weighted by Crippen LogP contribution is -2.43. The van der Waals surface area contributed by atoms with Crippen molar-refractivity contribution in [3.8, 4) is 0 Å². The topological polar surface area (TPSA) is 66.4 Å². The van der Waals surface area contributed by atoms with Gasteiger partial charge in [0.1, 0.15) is 0 Å². The van der Waals surface area contributed by atoms with Gasteiger partial charge < -0.3 is 10.4 Å². The number of carboxylic acid groups (broad SMARTS) is 1. The summed E-state index contributed by atoms with van der Waals surface area (Å²) in [4.78, 5) is 22.1. The van der Waals surface area contributed by atoms with E-state index in [-0.39, 0.29) is 18.2 Å². The molecule has 4 nitrogen and oxygen atoms in total. The van der Waals surface area contributed by atoms with Crippen molar-refractivity contribution in [1.29, 1.82) is 0 Å². The Hall–Kier alpha value is -1.06. The lowest BCUT2D eigenvalue weighted by molar-refractivity contribution is -0.154. The average Bonchev–Trinajstić information content (AvgIpc) is 2.29. The first kappa shape index (κ1) is 8.53. The molecule has 2 rings (SSSR count). The summed E-state index contributed by atoms with van der Waals surface area (Å²) in [5.41, 5.74) is -0.782. The summed E-state index contributed by atoms with van der Waals surface area (Å²) in [6.45, 7) is 0.325. The average molecular weight is 183 g/mol. The molecule has 72 valence electrons. The number of rotatable bonds is 2. The maximum absolute atomic E-state index is 11.1. The predicted molar refractivity (Wildman–Crippen MR) is 45.0 cm³/mol. The first-order valence-corrected chi connectivity index (χ1v) is 4.65. The van der Waals surface area contributed by atoms with Gasteiger partial charge in [0, 0.05) is 13.0 Å². The number of nitrogens with one attached hydrogen (secondary N) is 1. The molecule has 2 aliphatic rings. The van der Waals surface area contributed by atoms with Gasteiger partial charge in [0.2, 0.25) is 5.91 Å². The number of hydrogen-bond acceptors (Lipinski definition) is 2. The summed E-state index contributed by atoms with van der Waals surface area (Å²) in [6.07, 6.45) is 3.20. The van der Waals surface area contributed by atoms with Crippen LogP contribution in [-0.4, -0.2) is 23.5 Å². The molecule has 1 atom stereocenters.